The largest absolute Gasteiger partial charge is 0.312 e. The van der Waals surface area contributed by atoms with E-state index in [0.717, 1.165) is 24.5 Å². The number of rotatable bonds is 4. The van der Waals surface area contributed by atoms with E-state index >= 15 is 0 Å². The van der Waals surface area contributed by atoms with E-state index in [1.54, 1.807) is 17.2 Å². The van der Waals surface area contributed by atoms with Crippen LogP contribution < -0.4 is 4.90 Å². The van der Waals surface area contributed by atoms with Gasteiger partial charge in [0.1, 0.15) is 18.5 Å². The summed E-state index contributed by atoms with van der Waals surface area (Å²) >= 11 is 0. The molecule has 1 aliphatic heterocycles. The minimum absolute atomic E-state index is 0.197. The highest BCUT2D eigenvalue weighted by molar-refractivity contribution is 5.95. The Balaban J connectivity index is 1.49. The summed E-state index contributed by atoms with van der Waals surface area (Å²) in [6, 6.07) is 11.9. The fourth-order valence-corrected chi connectivity index (χ4v) is 3.33. The molecule has 1 amide bonds. The Morgan fingerprint density at radius 3 is 2.64 bits per heavy atom. The van der Waals surface area contributed by atoms with Crippen LogP contribution >= 0.6 is 0 Å². The second-order valence-corrected chi connectivity index (χ2v) is 6.45. The molecule has 0 aliphatic carbocycles. The van der Waals surface area contributed by atoms with E-state index in [4.69, 9.17) is 0 Å². The summed E-state index contributed by atoms with van der Waals surface area (Å²) in [7, 11) is 0. The predicted molar refractivity (Wildman–Crippen MR) is 94.5 cm³/mol. The molecule has 6 nitrogen and oxygen atoms in total. The number of benzene rings is 1. The van der Waals surface area contributed by atoms with Crippen LogP contribution in [0, 0.1) is 12.8 Å². The number of aromatic nitrogens is 4. The topological polar surface area (TPSA) is 63.9 Å². The molecule has 25 heavy (non-hydrogen) atoms. The van der Waals surface area contributed by atoms with Gasteiger partial charge in [-0.25, -0.2) is 4.98 Å². The molecular weight excluding hydrogens is 314 g/mol. The number of carbonyl (C=O) groups excluding carboxylic acids is 1. The molecule has 0 unspecified atom stereocenters. The minimum Gasteiger partial charge on any atom is -0.312 e. The van der Waals surface area contributed by atoms with Gasteiger partial charge in [0.25, 0.3) is 0 Å². The maximum atomic E-state index is 12.4. The average Bonchev–Trinajstić information content (AvgIpc) is 3.27. The van der Waals surface area contributed by atoms with Gasteiger partial charge in [0.2, 0.25) is 5.91 Å². The van der Waals surface area contributed by atoms with Gasteiger partial charge in [0.15, 0.2) is 0 Å². The number of hydrogen-bond acceptors (Lipinski definition) is 4. The zero-order chi connectivity index (χ0) is 17.2. The van der Waals surface area contributed by atoms with Gasteiger partial charge in [-0.15, -0.1) is 10.2 Å². The van der Waals surface area contributed by atoms with E-state index in [0.29, 0.717) is 12.3 Å². The third-order valence-corrected chi connectivity index (χ3v) is 4.67. The highest BCUT2D eigenvalue weighted by Gasteiger charge is 2.30. The van der Waals surface area contributed by atoms with Crippen molar-refractivity contribution in [1.29, 1.82) is 0 Å². The SMILES string of the molecule is Cc1cc(-n2cnnc2)ncc1C[C@H]1CC(=O)N(c2ccccc2)C1. The van der Waals surface area contributed by atoms with Gasteiger partial charge in [0, 0.05) is 24.8 Å². The van der Waals surface area contributed by atoms with Crippen molar-refractivity contribution in [2.75, 3.05) is 11.4 Å². The number of aryl methyl sites for hydroxylation is 1. The third-order valence-electron chi connectivity index (χ3n) is 4.67. The number of amides is 1. The van der Waals surface area contributed by atoms with Crippen LogP contribution in [0.3, 0.4) is 0 Å². The maximum absolute atomic E-state index is 12.4. The van der Waals surface area contributed by atoms with Crippen LogP contribution in [-0.2, 0) is 11.2 Å². The molecule has 1 saturated heterocycles. The monoisotopic (exact) mass is 333 g/mol. The first kappa shape index (κ1) is 15.5. The van der Waals surface area contributed by atoms with Crippen molar-refractivity contribution < 1.29 is 4.79 Å². The number of hydrogen-bond donors (Lipinski definition) is 0. The number of para-hydroxylation sites is 1. The molecule has 6 heteroatoms. The highest BCUT2D eigenvalue weighted by atomic mass is 16.2. The third kappa shape index (κ3) is 3.15. The average molecular weight is 333 g/mol. The lowest BCUT2D eigenvalue weighted by atomic mass is 9.97. The summed E-state index contributed by atoms with van der Waals surface area (Å²) in [5.74, 6) is 1.32. The zero-order valence-corrected chi connectivity index (χ0v) is 14.0. The Hall–Kier alpha value is -3.02. The van der Waals surface area contributed by atoms with Gasteiger partial charge in [0.05, 0.1) is 0 Å². The number of carbonyl (C=O) groups is 1. The van der Waals surface area contributed by atoms with Crippen molar-refractivity contribution in [2.45, 2.75) is 19.8 Å². The van der Waals surface area contributed by atoms with E-state index in [1.807, 2.05) is 47.5 Å². The fourth-order valence-electron chi connectivity index (χ4n) is 3.33. The van der Waals surface area contributed by atoms with Crippen molar-refractivity contribution in [1.82, 2.24) is 19.7 Å². The molecule has 1 fully saturated rings. The molecule has 0 bridgehead atoms. The molecule has 0 spiro atoms. The molecule has 0 radical (unpaired) electrons. The molecule has 4 rings (SSSR count). The standard InChI is InChI=1S/C19H19N5O/c1-14-7-18(23-12-21-22-13-23)20-10-16(14)8-15-9-19(25)24(11-15)17-5-3-2-4-6-17/h2-7,10,12-13,15H,8-9,11H2,1H3/t15-/m0/s1. The van der Waals surface area contributed by atoms with Crippen LogP contribution in [0.25, 0.3) is 5.82 Å². The Labute approximate surface area is 146 Å². The first-order valence-corrected chi connectivity index (χ1v) is 8.36. The first-order valence-electron chi connectivity index (χ1n) is 8.36. The first-order chi connectivity index (χ1) is 12.2. The van der Waals surface area contributed by atoms with Crippen molar-refractivity contribution in [2.24, 2.45) is 5.92 Å². The minimum atomic E-state index is 0.197. The lowest BCUT2D eigenvalue weighted by Gasteiger charge is -2.17. The summed E-state index contributed by atoms with van der Waals surface area (Å²) in [4.78, 5) is 18.8. The van der Waals surface area contributed by atoms with E-state index in [-0.39, 0.29) is 5.91 Å². The van der Waals surface area contributed by atoms with Gasteiger partial charge >= 0.3 is 0 Å². The molecule has 1 atom stereocenters. The molecule has 3 aromatic rings. The van der Waals surface area contributed by atoms with Crippen LogP contribution in [0.1, 0.15) is 17.5 Å². The maximum Gasteiger partial charge on any atom is 0.227 e. The van der Waals surface area contributed by atoms with Crippen LogP contribution in [0.15, 0.2) is 55.2 Å². The molecule has 126 valence electrons. The molecule has 1 aliphatic rings. The van der Waals surface area contributed by atoms with Crippen molar-refractivity contribution in [3.05, 3.63) is 66.4 Å². The van der Waals surface area contributed by atoms with Gasteiger partial charge in [-0.2, -0.15) is 0 Å². The lowest BCUT2D eigenvalue weighted by molar-refractivity contribution is -0.117. The van der Waals surface area contributed by atoms with Gasteiger partial charge in [-0.05, 0) is 48.6 Å². The lowest BCUT2D eigenvalue weighted by Crippen LogP contribution is -2.24. The quantitative estimate of drug-likeness (QED) is 0.736. The molecule has 2 aromatic heterocycles. The Kier molecular flexibility index (Phi) is 4.01. The molecular formula is C19H19N5O. The second-order valence-electron chi connectivity index (χ2n) is 6.45. The fraction of sp³-hybridized carbons (Fsp3) is 0.263. The smallest absolute Gasteiger partial charge is 0.227 e. The van der Waals surface area contributed by atoms with E-state index in [1.165, 1.54) is 11.1 Å². The molecule has 0 N–H and O–H groups in total. The van der Waals surface area contributed by atoms with Crippen LogP contribution in [0.4, 0.5) is 5.69 Å². The summed E-state index contributed by atoms with van der Waals surface area (Å²) in [6.07, 6.45) is 6.61. The van der Waals surface area contributed by atoms with Crippen molar-refractivity contribution >= 4 is 11.6 Å². The normalized spacial score (nSPS) is 17.2. The predicted octanol–water partition coefficient (Wildman–Crippen LogP) is 2.57. The van der Waals surface area contributed by atoms with Crippen molar-refractivity contribution in [3.8, 4) is 5.82 Å². The molecule has 1 aromatic carbocycles. The van der Waals surface area contributed by atoms with Crippen molar-refractivity contribution in [3.63, 3.8) is 0 Å². The van der Waals surface area contributed by atoms with Gasteiger partial charge in [-0.3, -0.25) is 9.36 Å². The van der Waals surface area contributed by atoms with E-state index < -0.39 is 0 Å². The van der Waals surface area contributed by atoms with Gasteiger partial charge < -0.3 is 4.90 Å². The molecule has 3 heterocycles. The summed E-state index contributed by atoms with van der Waals surface area (Å²) in [5, 5.41) is 7.62. The van der Waals surface area contributed by atoms with E-state index in [2.05, 4.69) is 22.1 Å². The van der Waals surface area contributed by atoms with Gasteiger partial charge in [-0.1, -0.05) is 18.2 Å². The van der Waals surface area contributed by atoms with Crippen LogP contribution in [0.2, 0.25) is 0 Å². The summed E-state index contributed by atoms with van der Waals surface area (Å²) in [5.41, 5.74) is 3.33. The number of anilines is 1. The Morgan fingerprint density at radius 1 is 1.16 bits per heavy atom. The zero-order valence-electron chi connectivity index (χ0n) is 14.0. The summed E-state index contributed by atoms with van der Waals surface area (Å²) < 4.78 is 1.78. The van der Waals surface area contributed by atoms with Crippen LogP contribution in [0.5, 0.6) is 0 Å². The highest BCUT2D eigenvalue weighted by Crippen LogP contribution is 2.28. The second kappa shape index (κ2) is 6.47. The van der Waals surface area contributed by atoms with Crippen LogP contribution in [-0.4, -0.2) is 32.2 Å². The van der Waals surface area contributed by atoms with E-state index in [9.17, 15) is 4.79 Å². The number of pyridine rings is 1. The number of nitrogens with zero attached hydrogens (tertiary/aromatic N) is 5. The Bertz CT molecular complexity index is 876. The molecule has 0 saturated carbocycles. The summed E-state index contributed by atoms with van der Waals surface area (Å²) in [6.45, 7) is 2.84. The Morgan fingerprint density at radius 2 is 1.92 bits per heavy atom.